The highest BCUT2D eigenvalue weighted by Crippen LogP contribution is 2.17. The van der Waals surface area contributed by atoms with Crippen LogP contribution >= 0.6 is 0 Å². The van der Waals surface area contributed by atoms with Gasteiger partial charge in [-0.25, -0.2) is 0 Å². The van der Waals surface area contributed by atoms with Crippen LogP contribution in [0.15, 0.2) is 30.8 Å². The molecular formula is C11H16OSi. The van der Waals surface area contributed by atoms with Gasteiger partial charge in [0.1, 0.15) is 5.75 Å². The van der Waals surface area contributed by atoms with E-state index in [0.717, 1.165) is 11.3 Å². The second kappa shape index (κ2) is 3.79. The SMILES string of the molecule is C=Cc1cccc(O[Si](C)(C)C)c1. The van der Waals surface area contributed by atoms with Gasteiger partial charge in [0, 0.05) is 0 Å². The van der Waals surface area contributed by atoms with Crippen molar-refractivity contribution in [2.45, 2.75) is 19.6 Å². The van der Waals surface area contributed by atoms with Gasteiger partial charge in [-0.05, 0) is 37.3 Å². The fraction of sp³-hybridized carbons (Fsp3) is 0.273. The van der Waals surface area contributed by atoms with E-state index in [1.165, 1.54) is 0 Å². The molecule has 0 saturated heterocycles. The zero-order chi connectivity index (χ0) is 9.90. The first-order valence-electron chi connectivity index (χ1n) is 4.43. The summed E-state index contributed by atoms with van der Waals surface area (Å²) in [6.07, 6.45) is 1.83. The predicted molar refractivity (Wildman–Crippen MR) is 60.5 cm³/mol. The van der Waals surface area contributed by atoms with E-state index >= 15 is 0 Å². The van der Waals surface area contributed by atoms with Crippen molar-refractivity contribution in [2.75, 3.05) is 0 Å². The maximum absolute atomic E-state index is 5.84. The quantitative estimate of drug-likeness (QED) is 0.666. The summed E-state index contributed by atoms with van der Waals surface area (Å²) in [5, 5.41) is 0. The number of benzene rings is 1. The molecule has 13 heavy (non-hydrogen) atoms. The molecule has 0 bridgehead atoms. The predicted octanol–water partition coefficient (Wildman–Crippen LogP) is 3.54. The van der Waals surface area contributed by atoms with Crippen LogP contribution in [-0.2, 0) is 0 Å². The first-order valence-corrected chi connectivity index (χ1v) is 7.83. The Kier molecular flexibility index (Phi) is 2.93. The third-order valence-electron chi connectivity index (χ3n) is 1.52. The molecule has 0 atom stereocenters. The van der Waals surface area contributed by atoms with E-state index in [2.05, 4.69) is 26.2 Å². The van der Waals surface area contributed by atoms with Crippen LogP contribution in [0.4, 0.5) is 0 Å². The van der Waals surface area contributed by atoms with Crippen LogP contribution in [0.1, 0.15) is 5.56 Å². The van der Waals surface area contributed by atoms with Crippen LogP contribution in [0.2, 0.25) is 19.6 Å². The van der Waals surface area contributed by atoms with Gasteiger partial charge in [0.05, 0.1) is 0 Å². The van der Waals surface area contributed by atoms with E-state index in [0.29, 0.717) is 0 Å². The minimum atomic E-state index is -1.47. The molecule has 1 aromatic rings. The van der Waals surface area contributed by atoms with Gasteiger partial charge >= 0.3 is 0 Å². The molecule has 1 rings (SSSR count). The Labute approximate surface area is 81.2 Å². The number of hydrogen-bond donors (Lipinski definition) is 0. The lowest BCUT2D eigenvalue weighted by Gasteiger charge is -2.19. The highest BCUT2D eigenvalue weighted by Gasteiger charge is 2.15. The minimum absolute atomic E-state index is 0.955. The average Bonchev–Trinajstić information content (AvgIpc) is 2.01. The standard InChI is InChI=1S/C11H16OSi/c1-5-10-7-6-8-11(9-10)12-13(2,3)4/h5-9H,1H2,2-4H3. The largest absolute Gasteiger partial charge is 0.544 e. The van der Waals surface area contributed by atoms with Gasteiger partial charge in [-0.15, -0.1) is 0 Å². The fourth-order valence-electron chi connectivity index (χ4n) is 1.06. The van der Waals surface area contributed by atoms with Gasteiger partial charge in [0.25, 0.3) is 0 Å². The Hall–Kier alpha value is -1.02. The molecule has 0 unspecified atom stereocenters. The third-order valence-corrected chi connectivity index (χ3v) is 2.37. The van der Waals surface area contributed by atoms with Crippen LogP contribution in [0.3, 0.4) is 0 Å². The van der Waals surface area contributed by atoms with Crippen LogP contribution in [0, 0.1) is 0 Å². The monoisotopic (exact) mass is 192 g/mol. The fourth-order valence-corrected chi connectivity index (χ4v) is 1.89. The molecule has 1 aromatic carbocycles. The molecule has 0 spiro atoms. The zero-order valence-corrected chi connectivity index (χ0v) is 9.50. The molecule has 0 fully saturated rings. The molecule has 0 aliphatic heterocycles. The normalized spacial score (nSPS) is 11.0. The van der Waals surface area contributed by atoms with Crippen molar-refractivity contribution in [2.24, 2.45) is 0 Å². The molecular weight excluding hydrogens is 176 g/mol. The van der Waals surface area contributed by atoms with Gasteiger partial charge in [-0.2, -0.15) is 0 Å². The Morgan fingerprint density at radius 2 is 2.00 bits per heavy atom. The van der Waals surface area contributed by atoms with Crippen molar-refractivity contribution < 1.29 is 4.43 Å². The first-order chi connectivity index (χ1) is 6.01. The highest BCUT2D eigenvalue weighted by atomic mass is 28.4. The smallest absolute Gasteiger partial charge is 0.242 e. The van der Waals surface area contributed by atoms with Crippen molar-refractivity contribution in [1.82, 2.24) is 0 Å². The summed E-state index contributed by atoms with van der Waals surface area (Å²) < 4.78 is 5.84. The Balaban J connectivity index is 2.84. The van der Waals surface area contributed by atoms with Gasteiger partial charge in [0.2, 0.25) is 8.32 Å². The molecule has 0 amide bonds. The van der Waals surface area contributed by atoms with Crippen molar-refractivity contribution in [1.29, 1.82) is 0 Å². The van der Waals surface area contributed by atoms with Crippen molar-refractivity contribution >= 4 is 14.4 Å². The molecule has 0 N–H and O–H groups in total. The summed E-state index contributed by atoms with van der Waals surface area (Å²) in [5.74, 6) is 0.955. The van der Waals surface area contributed by atoms with Crippen molar-refractivity contribution in [3.8, 4) is 5.75 Å². The van der Waals surface area contributed by atoms with Crippen LogP contribution in [-0.4, -0.2) is 8.32 Å². The molecule has 1 nitrogen and oxygen atoms in total. The van der Waals surface area contributed by atoms with Gasteiger partial charge in [0.15, 0.2) is 0 Å². The number of hydrogen-bond acceptors (Lipinski definition) is 1. The summed E-state index contributed by atoms with van der Waals surface area (Å²) >= 11 is 0. The first kappa shape index (κ1) is 10.1. The topological polar surface area (TPSA) is 9.23 Å². The van der Waals surface area contributed by atoms with E-state index in [9.17, 15) is 0 Å². The van der Waals surface area contributed by atoms with Crippen LogP contribution < -0.4 is 4.43 Å². The molecule has 0 saturated carbocycles. The van der Waals surface area contributed by atoms with Gasteiger partial charge < -0.3 is 4.43 Å². The second-order valence-electron chi connectivity index (χ2n) is 3.99. The Morgan fingerprint density at radius 1 is 1.31 bits per heavy atom. The van der Waals surface area contributed by atoms with Crippen LogP contribution in [0.25, 0.3) is 6.08 Å². The molecule has 0 radical (unpaired) electrons. The summed E-state index contributed by atoms with van der Waals surface area (Å²) in [5.41, 5.74) is 1.11. The molecule has 2 heteroatoms. The molecule has 0 heterocycles. The van der Waals surface area contributed by atoms with Crippen molar-refractivity contribution in [3.05, 3.63) is 36.4 Å². The highest BCUT2D eigenvalue weighted by molar-refractivity contribution is 6.70. The average molecular weight is 192 g/mol. The molecule has 0 aromatic heterocycles. The van der Waals surface area contributed by atoms with E-state index < -0.39 is 8.32 Å². The maximum atomic E-state index is 5.84. The maximum Gasteiger partial charge on any atom is 0.242 e. The van der Waals surface area contributed by atoms with Crippen LogP contribution in [0.5, 0.6) is 5.75 Å². The second-order valence-corrected chi connectivity index (χ2v) is 8.42. The summed E-state index contributed by atoms with van der Waals surface area (Å²) in [6.45, 7) is 10.2. The van der Waals surface area contributed by atoms with E-state index in [1.54, 1.807) is 0 Å². The van der Waals surface area contributed by atoms with E-state index in [-0.39, 0.29) is 0 Å². The van der Waals surface area contributed by atoms with Gasteiger partial charge in [-0.1, -0.05) is 24.8 Å². The summed E-state index contributed by atoms with van der Waals surface area (Å²) in [6, 6.07) is 8.02. The number of rotatable bonds is 3. The minimum Gasteiger partial charge on any atom is -0.544 e. The zero-order valence-electron chi connectivity index (χ0n) is 8.50. The molecule has 70 valence electrons. The molecule has 0 aliphatic carbocycles. The summed E-state index contributed by atoms with van der Waals surface area (Å²) in [4.78, 5) is 0. The lowest BCUT2D eigenvalue weighted by molar-refractivity contribution is 0.557. The summed E-state index contributed by atoms with van der Waals surface area (Å²) in [7, 11) is -1.47. The van der Waals surface area contributed by atoms with E-state index in [4.69, 9.17) is 4.43 Å². The lowest BCUT2D eigenvalue weighted by atomic mass is 10.2. The Bertz CT molecular complexity index is 299. The van der Waals surface area contributed by atoms with Crippen molar-refractivity contribution in [3.63, 3.8) is 0 Å². The molecule has 0 aliphatic rings. The lowest BCUT2D eigenvalue weighted by Crippen LogP contribution is -2.29. The third kappa shape index (κ3) is 3.47. The Morgan fingerprint density at radius 3 is 2.54 bits per heavy atom. The van der Waals surface area contributed by atoms with E-state index in [1.807, 2.05) is 30.3 Å². The van der Waals surface area contributed by atoms with Gasteiger partial charge in [-0.3, -0.25) is 0 Å².